The van der Waals surface area contributed by atoms with Crippen LogP contribution >= 0.6 is 15.6 Å². The van der Waals surface area contributed by atoms with E-state index in [9.17, 15) is 58.5 Å². The predicted molar refractivity (Wildman–Crippen MR) is 267 cm³/mol. The fourth-order valence-corrected chi connectivity index (χ4v) is 10.8. The highest BCUT2D eigenvalue weighted by Gasteiger charge is 2.45. The van der Waals surface area contributed by atoms with E-state index in [1.165, 1.54) is 69.4 Å². The van der Waals surface area contributed by atoms with E-state index in [0.29, 0.717) is 38.5 Å². The quantitative estimate of drug-likeness (QED) is 0.0245. The Labute approximate surface area is 424 Å². The number of esters is 2. The number of Topliss-reactive ketones (excluding diaryl/α,β-unsaturated/α-hetero) is 1. The number of carbonyl (C=O) groups excluding carboxylic acids is 3. The molecule has 72 heavy (non-hydrogen) atoms. The van der Waals surface area contributed by atoms with Gasteiger partial charge in [0.05, 0.1) is 37.4 Å². The number of fused-ring (bicyclic) bond motifs is 3. The second-order valence-corrected chi connectivity index (χ2v) is 22.5. The number of hydrogen-bond donors (Lipinski definition) is 7. The summed E-state index contributed by atoms with van der Waals surface area (Å²) in [7, 11) is -11.3. The Bertz CT molecular complexity index is 1940. The molecule has 23 heteroatoms. The highest BCUT2D eigenvalue weighted by atomic mass is 31.3. The lowest BCUT2D eigenvalue weighted by molar-refractivity contribution is -0.188. The van der Waals surface area contributed by atoms with Crippen molar-refractivity contribution in [2.24, 2.45) is 17.8 Å². The Balaban J connectivity index is 1.77. The molecule has 414 valence electrons. The summed E-state index contributed by atoms with van der Waals surface area (Å²) in [6.45, 7) is 3.81. The molecule has 1 aromatic rings. The number of nitrogen functional groups attached to an aromatic ring is 1. The summed E-state index contributed by atoms with van der Waals surface area (Å²) in [5.74, 6) is -4.22. The van der Waals surface area contributed by atoms with Gasteiger partial charge in [-0.1, -0.05) is 142 Å². The van der Waals surface area contributed by atoms with Crippen LogP contribution in [0.15, 0.2) is 29.2 Å². The zero-order valence-electron chi connectivity index (χ0n) is 42.6. The Morgan fingerprint density at radius 2 is 1.50 bits per heavy atom. The third-order valence-corrected chi connectivity index (χ3v) is 15.9. The largest absolute Gasteiger partial charge is 0.481 e. The van der Waals surface area contributed by atoms with Crippen molar-refractivity contribution >= 4 is 39.2 Å². The van der Waals surface area contributed by atoms with Crippen molar-refractivity contribution < 1.29 is 81.3 Å². The van der Waals surface area contributed by atoms with Gasteiger partial charge < -0.3 is 50.2 Å². The third kappa shape index (κ3) is 24.6. The van der Waals surface area contributed by atoms with Gasteiger partial charge in [-0.3, -0.25) is 28.0 Å². The van der Waals surface area contributed by atoms with E-state index in [4.69, 9.17) is 29.0 Å². The Morgan fingerprint density at radius 3 is 2.15 bits per heavy atom. The lowest BCUT2D eigenvalue weighted by Crippen LogP contribution is -2.51. The average Bonchev–Trinajstić information content (AvgIpc) is 3.31. The zero-order valence-corrected chi connectivity index (χ0v) is 44.4. The number of carbonyl (C=O) groups is 3. The topological polar surface area (TPSA) is 323 Å². The summed E-state index contributed by atoms with van der Waals surface area (Å²) in [5.41, 5.74) is 4.78. The summed E-state index contributed by atoms with van der Waals surface area (Å²) in [6.07, 6.45) is 8.71. The molecule has 8 N–H and O–H groups in total. The smallest absolute Gasteiger partial charge is 0.462 e. The van der Waals surface area contributed by atoms with E-state index in [1.54, 1.807) is 0 Å². The fraction of sp³-hybridized carbons (Fsp3) is 0.816. The van der Waals surface area contributed by atoms with E-state index in [2.05, 4.69) is 23.1 Å². The molecule has 1 aromatic heterocycles. The maximum Gasteiger partial charge on any atom is 0.481 e. The van der Waals surface area contributed by atoms with Crippen LogP contribution in [0, 0.1) is 17.8 Å². The molecule has 3 unspecified atom stereocenters. The van der Waals surface area contributed by atoms with Crippen LogP contribution in [0.25, 0.3) is 0 Å². The summed E-state index contributed by atoms with van der Waals surface area (Å²) in [6, 6.07) is 1.25. The van der Waals surface area contributed by atoms with Gasteiger partial charge >= 0.3 is 33.3 Å². The van der Waals surface area contributed by atoms with Crippen molar-refractivity contribution in [2.75, 3.05) is 25.6 Å². The van der Waals surface area contributed by atoms with Gasteiger partial charge in [0.15, 0.2) is 6.10 Å². The summed E-state index contributed by atoms with van der Waals surface area (Å²) >= 11 is 0. The lowest BCUT2D eigenvalue weighted by atomic mass is 9.83. The number of aromatic nitrogens is 2. The number of ether oxygens (including phenoxy) is 3. The van der Waals surface area contributed by atoms with Crippen LogP contribution in [0.4, 0.5) is 5.82 Å². The minimum Gasteiger partial charge on any atom is -0.462 e. The minimum atomic E-state index is -5.71. The first-order valence-electron chi connectivity index (χ1n) is 26.2. The van der Waals surface area contributed by atoms with E-state index in [-0.39, 0.29) is 31.5 Å². The van der Waals surface area contributed by atoms with Gasteiger partial charge in [0.1, 0.15) is 36.6 Å². The monoisotopic (exact) mass is 1070 g/mol. The summed E-state index contributed by atoms with van der Waals surface area (Å²) in [5, 5.41) is 45.7. The number of unbranched alkanes of at least 4 members (excludes halogenated alkanes) is 11. The van der Waals surface area contributed by atoms with Gasteiger partial charge in [0.2, 0.25) is 0 Å². The number of phosphoric ester groups is 2. The molecule has 2 bridgehead atoms. The number of aliphatic hydroxyl groups is 4. The molecule has 2 saturated heterocycles. The van der Waals surface area contributed by atoms with Gasteiger partial charge in [0.25, 0.3) is 0 Å². The van der Waals surface area contributed by atoms with Gasteiger partial charge in [-0.2, -0.15) is 9.29 Å². The number of rotatable bonds is 23. The first-order chi connectivity index (χ1) is 34.3. The van der Waals surface area contributed by atoms with E-state index in [1.807, 2.05) is 6.92 Å². The molecule has 0 aliphatic carbocycles. The third-order valence-electron chi connectivity index (χ3n) is 13.3. The molecule has 3 heterocycles. The number of nitrogens with two attached hydrogens (primary N) is 1. The number of anilines is 1. The summed E-state index contributed by atoms with van der Waals surface area (Å²) < 4.78 is 59.0. The highest BCUT2D eigenvalue weighted by Crippen LogP contribution is 2.60. The van der Waals surface area contributed by atoms with Gasteiger partial charge in [-0.25, -0.2) is 13.9 Å². The SMILES string of the molecule is CCCCC[C@H](O)/C=C\[C@H]1C(=O)C[C@H](O)[C@@H]2CCCCCCC(=O)O[C@H](COC(=O)CCCCCCCCCCCCC(C)CC)COP(=O)(O)OP(=O)(O)OC[C@@H](O[C@H]2n2ccc(N)nc2=O)[C@@H](O)[C@H]1O. The minimum absolute atomic E-state index is 0.0577. The molecule has 12 atom stereocenters. The second kappa shape index (κ2) is 33.9. The Morgan fingerprint density at radius 1 is 0.875 bits per heavy atom. The molecule has 0 radical (unpaired) electrons. The molecule has 2 fully saturated rings. The number of phosphoric acid groups is 2. The van der Waals surface area contributed by atoms with Crippen LogP contribution in [-0.2, 0) is 51.1 Å². The van der Waals surface area contributed by atoms with Crippen LogP contribution in [0.2, 0.25) is 0 Å². The first-order valence-corrected chi connectivity index (χ1v) is 29.2. The Kier molecular flexibility index (Phi) is 29.8. The normalized spacial score (nSPS) is 29.8. The standard InChI is InChI=1S/C49H85N3O18P2/c1-4-6-17-23-36(53)27-28-38-40(54)31-41(55)39-24-19-15-16-21-26-45(57)68-37(32-65-44(56)25-20-14-12-10-8-7-9-11-13-18-22-35(3)5-2)33-66-71(61,62)70-72(63,64)67-34-42(47(59)46(38)58)69-48(39)52-30-29-43(50)51-49(52)60/h27-30,35-39,41-42,46-48,53,55,58-59H,4-26,31-34H2,1-3H3,(H,61,62)(H,63,64)(H2,50,51,60)/b28-27-/t35?,36-,37+,38-,39-,41-,42+,46-,47+,48+/m0/s1. The number of nitrogens with zero attached hydrogens (tertiary/aromatic N) is 2. The molecule has 0 amide bonds. The van der Waals surface area contributed by atoms with Crippen molar-refractivity contribution in [1.82, 2.24) is 9.55 Å². The van der Waals surface area contributed by atoms with Crippen LogP contribution < -0.4 is 11.4 Å². The van der Waals surface area contributed by atoms with E-state index in [0.717, 1.165) is 49.0 Å². The van der Waals surface area contributed by atoms with Crippen molar-refractivity contribution in [2.45, 2.75) is 218 Å². The Hall–Kier alpha value is -2.91. The number of ketones is 1. The zero-order chi connectivity index (χ0) is 53.1. The molecule has 0 saturated carbocycles. The van der Waals surface area contributed by atoms with Crippen molar-refractivity contribution in [3.63, 3.8) is 0 Å². The number of aliphatic hydroxyl groups excluding tert-OH is 4. The van der Waals surface area contributed by atoms with Crippen molar-refractivity contribution in [1.29, 1.82) is 0 Å². The van der Waals surface area contributed by atoms with Gasteiger partial charge in [-0.05, 0) is 37.7 Å². The second-order valence-electron chi connectivity index (χ2n) is 19.4. The van der Waals surface area contributed by atoms with Crippen LogP contribution in [0.3, 0.4) is 0 Å². The van der Waals surface area contributed by atoms with E-state index >= 15 is 0 Å². The van der Waals surface area contributed by atoms with E-state index < -0.39 is 120 Å². The van der Waals surface area contributed by atoms with Crippen molar-refractivity contribution in [3.05, 3.63) is 34.9 Å². The molecular formula is C49H85N3O18P2. The average molecular weight is 1070 g/mol. The molecule has 0 aromatic carbocycles. The molecule has 0 spiro atoms. The number of hydrogen-bond acceptors (Lipinski definition) is 18. The maximum atomic E-state index is 14.0. The molecular weight excluding hydrogens is 980 g/mol. The fourth-order valence-electron chi connectivity index (χ4n) is 8.72. The molecule has 21 nitrogen and oxygen atoms in total. The maximum absolute atomic E-state index is 14.0. The van der Waals surface area contributed by atoms with Crippen LogP contribution in [-0.4, -0.2) is 114 Å². The molecule has 3 rings (SSSR count). The molecule has 2 aliphatic rings. The summed E-state index contributed by atoms with van der Waals surface area (Å²) in [4.78, 5) is 78.1. The highest BCUT2D eigenvalue weighted by molar-refractivity contribution is 7.61. The van der Waals surface area contributed by atoms with Gasteiger partial charge in [0, 0.05) is 31.4 Å². The first kappa shape index (κ1) is 63.4. The van der Waals surface area contributed by atoms with Crippen LogP contribution in [0.5, 0.6) is 0 Å². The van der Waals surface area contributed by atoms with Gasteiger partial charge in [-0.15, -0.1) is 0 Å². The molecule has 2 aliphatic heterocycles. The van der Waals surface area contributed by atoms with Crippen molar-refractivity contribution in [3.8, 4) is 0 Å². The number of cyclic esters (lactones) is 1. The predicted octanol–water partition coefficient (Wildman–Crippen LogP) is 7.28. The van der Waals surface area contributed by atoms with Crippen LogP contribution in [0.1, 0.15) is 181 Å². The lowest BCUT2D eigenvalue weighted by Gasteiger charge is -2.39.